The third-order valence-electron chi connectivity index (χ3n) is 2.93. The van der Waals surface area contributed by atoms with E-state index < -0.39 is 5.54 Å². The fourth-order valence-corrected chi connectivity index (χ4v) is 2.46. The molecule has 0 fully saturated rings. The topological polar surface area (TPSA) is 68.0 Å². The van der Waals surface area contributed by atoms with Gasteiger partial charge in [-0.1, -0.05) is 12.1 Å². The number of hydrogen-bond donors (Lipinski definition) is 2. The molecular weight excluding hydrogens is 277 g/mol. The summed E-state index contributed by atoms with van der Waals surface area (Å²) in [5.74, 6) is -0.626. The average Bonchev–Trinajstić information content (AvgIpc) is 2.87. The lowest BCUT2D eigenvalue weighted by molar-refractivity contribution is 0.0907. The second-order valence-corrected chi connectivity index (χ2v) is 5.86. The molecule has 0 atom stereocenters. The molecule has 0 bridgehead atoms. The van der Waals surface area contributed by atoms with Crippen molar-refractivity contribution in [1.29, 1.82) is 0 Å². The van der Waals surface area contributed by atoms with E-state index in [0.29, 0.717) is 22.8 Å². The summed E-state index contributed by atoms with van der Waals surface area (Å²) in [6.07, 6.45) is 0. The van der Waals surface area contributed by atoms with Gasteiger partial charge in [-0.15, -0.1) is 11.3 Å². The van der Waals surface area contributed by atoms with Crippen molar-refractivity contribution in [3.63, 3.8) is 0 Å². The Morgan fingerprint density at radius 2 is 2.25 bits per heavy atom. The first-order chi connectivity index (χ1) is 9.42. The van der Waals surface area contributed by atoms with Gasteiger partial charge in [-0.3, -0.25) is 4.79 Å². The number of nitrogens with zero attached hydrogens (tertiary/aromatic N) is 1. The zero-order valence-electron chi connectivity index (χ0n) is 11.3. The molecule has 2 rings (SSSR count). The predicted octanol–water partition coefficient (Wildman–Crippen LogP) is 2.41. The summed E-state index contributed by atoms with van der Waals surface area (Å²) in [7, 11) is 0. The fourth-order valence-electron chi connectivity index (χ4n) is 1.81. The largest absolute Gasteiger partial charge is 0.342 e. The van der Waals surface area contributed by atoms with E-state index in [0.717, 1.165) is 0 Å². The highest BCUT2D eigenvalue weighted by molar-refractivity contribution is 7.09. The molecular formula is C14H16FN3OS. The number of nitrogens with two attached hydrogens (primary N) is 1. The van der Waals surface area contributed by atoms with E-state index in [-0.39, 0.29) is 11.7 Å². The lowest BCUT2D eigenvalue weighted by atomic mass is 9.94. The Balaban J connectivity index is 2.17. The van der Waals surface area contributed by atoms with Crippen LogP contribution in [0.25, 0.3) is 0 Å². The molecule has 0 aliphatic carbocycles. The number of carbonyl (C=O) groups is 1. The van der Waals surface area contributed by atoms with Gasteiger partial charge in [0.1, 0.15) is 16.5 Å². The number of rotatable bonds is 4. The van der Waals surface area contributed by atoms with Gasteiger partial charge < -0.3 is 11.1 Å². The van der Waals surface area contributed by atoms with Gasteiger partial charge in [0.2, 0.25) is 0 Å². The molecule has 0 saturated heterocycles. The predicted molar refractivity (Wildman–Crippen MR) is 76.9 cm³/mol. The maximum atomic E-state index is 13.3. The average molecular weight is 293 g/mol. The lowest BCUT2D eigenvalue weighted by Crippen LogP contribution is -2.41. The zero-order valence-corrected chi connectivity index (χ0v) is 12.1. The smallest absolute Gasteiger partial charge is 0.271 e. The van der Waals surface area contributed by atoms with E-state index in [9.17, 15) is 9.18 Å². The van der Waals surface area contributed by atoms with E-state index >= 15 is 0 Å². The van der Waals surface area contributed by atoms with Crippen LogP contribution in [0.4, 0.5) is 4.39 Å². The summed E-state index contributed by atoms with van der Waals surface area (Å²) in [4.78, 5) is 16.3. The van der Waals surface area contributed by atoms with Crippen LogP contribution < -0.4 is 11.1 Å². The molecule has 6 heteroatoms. The van der Waals surface area contributed by atoms with Gasteiger partial charge in [-0.05, 0) is 31.5 Å². The van der Waals surface area contributed by atoms with Gasteiger partial charge in [0.15, 0.2) is 0 Å². The van der Waals surface area contributed by atoms with Gasteiger partial charge in [0.25, 0.3) is 5.91 Å². The van der Waals surface area contributed by atoms with E-state index in [1.807, 2.05) is 13.8 Å². The monoisotopic (exact) mass is 293 g/mol. The van der Waals surface area contributed by atoms with Crippen molar-refractivity contribution in [1.82, 2.24) is 10.3 Å². The van der Waals surface area contributed by atoms with Crippen molar-refractivity contribution < 1.29 is 9.18 Å². The van der Waals surface area contributed by atoms with Crippen LogP contribution in [0, 0.1) is 5.82 Å². The summed E-state index contributed by atoms with van der Waals surface area (Å²) in [5, 5.41) is 5.22. The SMILES string of the molecule is CC(C)(NC(=O)c1csc(CN)n1)c1cccc(F)c1. The Morgan fingerprint density at radius 1 is 1.50 bits per heavy atom. The number of aromatic nitrogens is 1. The van der Waals surface area contributed by atoms with E-state index in [4.69, 9.17) is 5.73 Å². The minimum atomic E-state index is -0.689. The molecule has 3 N–H and O–H groups in total. The summed E-state index contributed by atoms with van der Waals surface area (Å²) < 4.78 is 13.3. The number of carbonyl (C=O) groups excluding carboxylic acids is 1. The van der Waals surface area contributed by atoms with Gasteiger partial charge in [0.05, 0.1) is 5.54 Å². The second-order valence-electron chi connectivity index (χ2n) is 4.92. The summed E-state index contributed by atoms with van der Waals surface area (Å²) in [5.41, 5.74) is 5.81. The highest BCUT2D eigenvalue weighted by Gasteiger charge is 2.24. The molecule has 0 aliphatic heterocycles. The summed E-state index contributed by atoms with van der Waals surface area (Å²) >= 11 is 1.35. The Labute approximate surface area is 120 Å². The molecule has 0 unspecified atom stereocenters. The molecule has 1 aromatic carbocycles. The summed E-state index contributed by atoms with van der Waals surface area (Å²) in [6.45, 7) is 3.94. The van der Waals surface area contributed by atoms with Crippen LogP contribution >= 0.6 is 11.3 Å². The van der Waals surface area contributed by atoms with Crippen LogP contribution in [-0.2, 0) is 12.1 Å². The molecule has 0 aliphatic rings. The first-order valence-corrected chi connectivity index (χ1v) is 7.03. The number of amides is 1. The molecule has 106 valence electrons. The van der Waals surface area contributed by atoms with Crippen molar-refractivity contribution >= 4 is 17.2 Å². The maximum Gasteiger partial charge on any atom is 0.271 e. The van der Waals surface area contributed by atoms with Crippen molar-refractivity contribution in [2.24, 2.45) is 5.73 Å². The number of benzene rings is 1. The molecule has 4 nitrogen and oxygen atoms in total. The number of hydrogen-bond acceptors (Lipinski definition) is 4. The van der Waals surface area contributed by atoms with Crippen LogP contribution in [0.2, 0.25) is 0 Å². The Hall–Kier alpha value is -1.79. The molecule has 0 radical (unpaired) electrons. The third kappa shape index (κ3) is 3.20. The first-order valence-electron chi connectivity index (χ1n) is 6.15. The van der Waals surface area contributed by atoms with Crippen molar-refractivity contribution in [2.45, 2.75) is 25.9 Å². The minimum absolute atomic E-state index is 0.296. The van der Waals surface area contributed by atoms with E-state index in [1.165, 1.54) is 23.5 Å². The molecule has 1 aromatic heterocycles. The van der Waals surface area contributed by atoms with Crippen molar-refractivity contribution in [3.05, 3.63) is 51.7 Å². The van der Waals surface area contributed by atoms with Gasteiger partial charge in [0, 0.05) is 11.9 Å². The molecule has 1 amide bonds. The standard InChI is InChI=1S/C14H16FN3OS/c1-14(2,9-4-3-5-10(15)6-9)18-13(19)11-8-20-12(7-16)17-11/h3-6,8H,7,16H2,1-2H3,(H,18,19). The molecule has 0 saturated carbocycles. The Morgan fingerprint density at radius 3 is 2.85 bits per heavy atom. The number of thiazole rings is 1. The highest BCUT2D eigenvalue weighted by Crippen LogP contribution is 2.21. The van der Waals surface area contributed by atoms with E-state index in [2.05, 4.69) is 10.3 Å². The van der Waals surface area contributed by atoms with Crippen LogP contribution in [0.15, 0.2) is 29.6 Å². The van der Waals surface area contributed by atoms with Gasteiger partial charge in [-0.2, -0.15) is 0 Å². The molecule has 0 spiro atoms. The van der Waals surface area contributed by atoms with E-state index in [1.54, 1.807) is 17.5 Å². The van der Waals surface area contributed by atoms with Crippen LogP contribution in [0.5, 0.6) is 0 Å². The van der Waals surface area contributed by atoms with Gasteiger partial charge >= 0.3 is 0 Å². The minimum Gasteiger partial charge on any atom is -0.342 e. The maximum absolute atomic E-state index is 13.3. The lowest BCUT2D eigenvalue weighted by Gasteiger charge is -2.26. The normalized spacial score (nSPS) is 11.4. The van der Waals surface area contributed by atoms with Gasteiger partial charge in [-0.25, -0.2) is 9.37 Å². The zero-order chi connectivity index (χ0) is 14.8. The second kappa shape index (κ2) is 5.68. The van der Waals surface area contributed by atoms with Crippen LogP contribution in [-0.4, -0.2) is 10.9 Å². The van der Waals surface area contributed by atoms with Crippen LogP contribution in [0.3, 0.4) is 0 Å². The molecule has 1 heterocycles. The third-order valence-corrected chi connectivity index (χ3v) is 3.80. The summed E-state index contributed by atoms with van der Waals surface area (Å²) in [6, 6.07) is 6.17. The molecule has 2 aromatic rings. The van der Waals surface area contributed by atoms with Crippen molar-refractivity contribution in [3.8, 4) is 0 Å². The first kappa shape index (κ1) is 14.6. The Bertz CT molecular complexity index is 624. The number of nitrogens with one attached hydrogen (secondary N) is 1. The Kier molecular flexibility index (Phi) is 4.15. The molecule has 20 heavy (non-hydrogen) atoms. The number of halogens is 1. The van der Waals surface area contributed by atoms with Crippen LogP contribution in [0.1, 0.15) is 34.9 Å². The highest BCUT2D eigenvalue weighted by atomic mass is 32.1. The quantitative estimate of drug-likeness (QED) is 0.909. The van der Waals surface area contributed by atoms with Crippen molar-refractivity contribution in [2.75, 3.05) is 0 Å². The fraction of sp³-hybridized carbons (Fsp3) is 0.286.